The maximum absolute atomic E-state index is 12.7. The zero-order valence-electron chi connectivity index (χ0n) is 12.7. The molecule has 4 heteroatoms. The van der Waals surface area contributed by atoms with Crippen molar-refractivity contribution < 1.29 is 9.53 Å². The first-order chi connectivity index (χ1) is 10.7. The number of Topliss-reactive ketones (excluding diaryl/α,β-unsaturated/α-hetero) is 1. The van der Waals surface area contributed by atoms with Gasteiger partial charge < -0.3 is 9.72 Å². The predicted molar refractivity (Wildman–Crippen MR) is 86.5 cm³/mol. The van der Waals surface area contributed by atoms with Crippen molar-refractivity contribution >= 4 is 16.6 Å². The molecule has 1 aromatic heterocycles. The Morgan fingerprint density at radius 3 is 2.77 bits per heavy atom. The van der Waals surface area contributed by atoms with Gasteiger partial charge in [-0.3, -0.25) is 4.79 Å². The van der Waals surface area contributed by atoms with Gasteiger partial charge in [-0.05, 0) is 30.2 Å². The average Bonchev–Trinajstić information content (AvgIpc) is 2.96. The lowest BCUT2D eigenvalue weighted by atomic mass is 9.97. The van der Waals surface area contributed by atoms with Gasteiger partial charge in [-0.25, -0.2) is 4.98 Å². The Morgan fingerprint density at radius 2 is 2.05 bits per heavy atom. The largest absolute Gasteiger partial charge is 0.496 e. The maximum Gasteiger partial charge on any atom is 0.167 e. The molecule has 112 valence electrons. The van der Waals surface area contributed by atoms with Crippen LogP contribution in [0.1, 0.15) is 28.2 Å². The highest BCUT2D eigenvalue weighted by atomic mass is 16.5. The summed E-state index contributed by atoms with van der Waals surface area (Å²) in [7, 11) is 1.60. The number of fused-ring (bicyclic) bond motifs is 1. The van der Waals surface area contributed by atoms with E-state index in [1.807, 2.05) is 43.3 Å². The highest BCUT2D eigenvalue weighted by Crippen LogP contribution is 2.29. The summed E-state index contributed by atoms with van der Waals surface area (Å²) in [6, 6.07) is 11.7. The molecule has 3 aromatic rings. The van der Waals surface area contributed by atoms with Gasteiger partial charge in [0.15, 0.2) is 5.78 Å². The average molecular weight is 294 g/mol. The molecule has 3 rings (SSSR count). The van der Waals surface area contributed by atoms with Gasteiger partial charge in [-0.1, -0.05) is 30.3 Å². The summed E-state index contributed by atoms with van der Waals surface area (Å²) in [4.78, 5) is 20.0. The summed E-state index contributed by atoms with van der Waals surface area (Å²) in [6.07, 6.45) is 2.70. The number of H-pyrrole nitrogens is 1. The number of hydrogen-bond acceptors (Lipinski definition) is 3. The van der Waals surface area contributed by atoms with Crippen LogP contribution in [0, 0.1) is 6.92 Å². The van der Waals surface area contributed by atoms with Crippen LogP contribution in [0.3, 0.4) is 0 Å². The molecule has 0 unspecified atom stereocenters. The monoisotopic (exact) mass is 294 g/mol. The molecule has 0 fully saturated rings. The summed E-state index contributed by atoms with van der Waals surface area (Å²) in [5, 5.41) is 1.98. The minimum absolute atomic E-state index is 0.0797. The van der Waals surface area contributed by atoms with Crippen LogP contribution in [0.5, 0.6) is 5.75 Å². The number of aromatic amines is 1. The quantitative estimate of drug-likeness (QED) is 0.730. The smallest absolute Gasteiger partial charge is 0.167 e. The molecule has 2 aromatic carbocycles. The first-order valence-electron chi connectivity index (χ1n) is 7.28. The van der Waals surface area contributed by atoms with Crippen molar-refractivity contribution in [1.82, 2.24) is 9.97 Å². The van der Waals surface area contributed by atoms with Crippen LogP contribution in [0.15, 0.2) is 42.7 Å². The topological polar surface area (TPSA) is 55.0 Å². The van der Waals surface area contributed by atoms with Gasteiger partial charge >= 0.3 is 0 Å². The first-order valence-corrected chi connectivity index (χ1v) is 7.28. The number of aryl methyl sites for hydroxylation is 2. The number of imidazole rings is 1. The van der Waals surface area contributed by atoms with Gasteiger partial charge in [-0.2, -0.15) is 0 Å². The number of nitrogens with one attached hydrogen (secondary N) is 1. The summed E-state index contributed by atoms with van der Waals surface area (Å²) in [5.41, 5.74) is 2.61. The number of methoxy groups -OCH3 is 1. The predicted octanol–water partition coefficient (Wildman–Crippen LogP) is 3.70. The Kier molecular flexibility index (Phi) is 3.92. The number of ether oxygens (including phenoxy) is 1. The van der Waals surface area contributed by atoms with Crippen molar-refractivity contribution in [2.75, 3.05) is 7.11 Å². The second-order valence-corrected chi connectivity index (χ2v) is 5.26. The van der Waals surface area contributed by atoms with Crippen LogP contribution >= 0.6 is 0 Å². The van der Waals surface area contributed by atoms with Crippen LogP contribution < -0.4 is 4.74 Å². The van der Waals surface area contributed by atoms with E-state index >= 15 is 0 Å². The number of nitrogens with zero attached hydrogens (tertiary/aromatic N) is 1. The van der Waals surface area contributed by atoms with E-state index in [9.17, 15) is 4.79 Å². The van der Waals surface area contributed by atoms with Crippen LogP contribution in [0.25, 0.3) is 10.8 Å². The number of carbonyl (C=O) groups is 1. The molecule has 4 nitrogen and oxygen atoms in total. The fourth-order valence-electron chi connectivity index (χ4n) is 2.71. The second-order valence-electron chi connectivity index (χ2n) is 5.26. The van der Waals surface area contributed by atoms with Gasteiger partial charge in [0.1, 0.15) is 5.75 Å². The second kappa shape index (κ2) is 6.02. The lowest BCUT2D eigenvalue weighted by molar-refractivity contribution is 0.0981. The molecule has 0 spiro atoms. The van der Waals surface area contributed by atoms with Gasteiger partial charge in [-0.15, -0.1) is 0 Å². The van der Waals surface area contributed by atoms with Gasteiger partial charge in [0.05, 0.1) is 24.7 Å². The van der Waals surface area contributed by atoms with E-state index in [1.165, 1.54) is 0 Å². The first kappa shape index (κ1) is 14.3. The lowest BCUT2D eigenvalue weighted by Gasteiger charge is -2.11. The Morgan fingerprint density at radius 1 is 1.23 bits per heavy atom. The molecule has 0 saturated heterocycles. The molecule has 0 amide bonds. The third-order valence-electron chi connectivity index (χ3n) is 3.91. The van der Waals surface area contributed by atoms with Crippen molar-refractivity contribution in [3.63, 3.8) is 0 Å². The molecule has 0 saturated carbocycles. The number of ketones is 1. The summed E-state index contributed by atoms with van der Waals surface area (Å²) < 4.78 is 5.39. The van der Waals surface area contributed by atoms with Gasteiger partial charge in [0.25, 0.3) is 0 Å². The molecular weight excluding hydrogens is 276 g/mol. The molecule has 0 bridgehead atoms. The summed E-state index contributed by atoms with van der Waals surface area (Å²) in [6.45, 7) is 1.96. The fourth-order valence-corrected chi connectivity index (χ4v) is 2.71. The van der Waals surface area contributed by atoms with E-state index in [-0.39, 0.29) is 5.78 Å². The molecule has 0 aliphatic heterocycles. The van der Waals surface area contributed by atoms with Crippen molar-refractivity contribution in [2.45, 2.75) is 19.8 Å². The minimum Gasteiger partial charge on any atom is -0.496 e. The highest BCUT2D eigenvalue weighted by molar-refractivity contribution is 6.10. The van der Waals surface area contributed by atoms with Crippen molar-refractivity contribution in [3.05, 3.63) is 59.7 Å². The molecule has 22 heavy (non-hydrogen) atoms. The van der Waals surface area contributed by atoms with E-state index in [4.69, 9.17) is 4.74 Å². The standard InChI is InChI=1S/C18H18N2O2/c1-12-15(20-11-19-12)8-9-16(21)18-14-6-4-3-5-13(14)7-10-17(18)22-2/h3-7,10-11H,8-9H2,1-2H3,(H,19,20). The third kappa shape index (κ3) is 2.60. The van der Waals surface area contributed by atoms with E-state index in [2.05, 4.69) is 9.97 Å². The fraction of sp³-hybridized carbons (Fsp3) is 0.222. The normalized spacial score (nSPS) is 10.8. The van der Waals surface area contributed by atoms with E-state index < -0.39 is 0 Å². The Hall–Kier alpha value is -2.62. The van der Waals surface area contributed by atoms with Gasteiger partial charge in [0, 0.05) is 12.1 Å². The highest BCUT2D eigenvalue weighted by Gasteiger charge is 2.16. The van der Waals surface area contributed by atoms with Crippen LogP contribution in [0.2, 0.25) is 0 Å². The number of hydrogen-bond donors (Lipinski definition) is 1. The molecular formula is C18H18N2O2. The third-order valence-corrected chi connectivity index (χ3v) is 3.91. The Bertz CT molecular complexity index is 821. The van der Waals surface area contributed by atoms with Crippen LogP contribution in [-0.4, -0.2) is 22.9 Å². The zero-order valence-corrected chi connectivity index (χ0v) is 12.7. The number of aromatic nitrogens is 2. The zero-order chi connectivity index (χ0) is 15.5. The molecule has 0 aliphatic rings. The summed E-state index contributed by atoms with van der Waals surface area (Å²) >= 11 is 0. The lowest BCUT2D eigenvalue weighted by Crippen LogP contribution is -2.05. The maximum atomic E-state index is 12.7. The number of rotatable bonds is 5. The van der Waals surface area contributed by atoms with Gasteiger partial charge in [0.2, 0.25) is 0 Å². The number of carbonyl (C=O) groups excluding carboxylic acids is 1. The van der Waals surface area contributed by atoms with Crippen LogP contribution in [-0.2, 0) is 6.42 Å². The van der Waals surface area contributed by atoms with Crippen molar-refractivity contribution in [3.8, 4) is 5.75 Å². The Labute approximate surface area is 129 Å². The minimum atomic E-state index is 0.0797. The van der Waals surface area contributed by atoms with Crippen LogP contribution in [0.4, 0.5) is 0 Å². The molecule has 0 atom stereocenters. The molecule has 0 radical (unpaired) electrons. The molecule has 1 heterocycles. The molecule has 0 aliphatic carbocycles. The Balaban J connectivity index is 1.94. The number of benzene rings is 2. The molecule has 1 N–H and O–H groups in total. The SMILES string of the molecule is COc1ccc2ccccc2c1C(=O)CCc1nc[nH]c1C. The van der Waals surface area contributed by atoms with E-state index in [1.54, 1.807) is 13.4 Å². The summed E-state index contributed by atoms with van der Waals surface area (Å²) in [5.74, 6) is 0.707. The van der Waals surface area contributed by atoms with Crippen molar-refractivity contribution in [1.29, 1.82) is 0 Å². The van der Waals surface area contributed by atoms with E-state index in [0.717, 1.165) is 22.2 Å². The van der Waals surface area contributed by atoms with E-state index in [0.29, 0.717) is 24.2 Å². The van der Waals surface area contributed by atoms with Crippen molar-refractivity contribution in [2.24, 2.45) is 0 Å².